The van der Waals surface area contributed by atoms with Gasteiger partial charge < -0.3 is 14.4 Å². The first-order chi connectivity index (χ1) is 11.6. The lowest BCUT2D eigenvalue weighted by Crippen LogP contribution is -2.26. The zero-order chi connectivity index (χ0) is 17.1. The van der Waals surface area contributed by atoms with Crippen LogP contribution in [0.25, 0.3) is 0 Å². The van der Waals surface area contributed by atoms with E-state index in [0.717, 1.165) is 5.69 Å². The second-order valence-electron chi connectivity index (χ2n) is 5.41. The Morgan fingerprint density at radius 2 is 2.04 bits per heavy atom. The highest BCUT2D eigenvalue weighted by molar-refractivity contribution is 6.06. The number of hydrogen-bond donors (Lipinski definition) is 0. The molecule has 2 aromatic rings. The molecule has 1 aliphatic heterocycles. The minimum Gasteiger partial charge on any atom is -0.484 e. The van der Waals surface area contributed by atoms with Gasteiger partial charge in [-0.25, -0.2) is 0 Å². The Balaban J connectivity index is 1.85. The van der Waals surface area contributed by atoms with Gasteiger partial charge in [-0.15, -0.1) is 0 Å². The first-order valence-corrected chi connectivity index (χ1v) is 7.42. The molecule has 3 rings (SSSR count). The van der Waals surface area contributed by atoms with E-state index in [1.165, 1.54) is 23.1 Å². The number of rotatable bonds is 6. The van der Waals surface area contributed by atoms with Crippen LogP contribution in [0.5, 0.6) is 5.75 Å². The molecule has 0 aliphatic carbocycles. The van der Waals surface area contributed by atoms with Gasteiger partial charge in [0.1, 0.15) is 12.7 Å². The minimum atomic E-state index is -0.530. The van der Waals surface area contributed by atoms with Crippen molar-refractivity contribution in [3.05, 3.63) is 64.2 Å². The number of anilines is 1. The number of carbonyl (C=O) groups excluding carboxylic acids is 1. The van der Waals surface area contributed by atoms with Crippen LogP contribution in [0.2, 0.25) is 0 Å². The summed E-state index contributed by atoms with van der Waals surface area (Å²) in [6.07, 6.45) is -0.0315. The van der Waals surface area contributed by atoms with Crippen LogP contribution in [0, 0.1) is 10.1 Å². The maximum atomic E-state index is 12.6. The number of benzene rings is 2. The molecule has 0 saturated carbocycles. The standard InChI is InChI=1S/C17H16N2O5/c1-18(13-5-3-2-4-6-13)17(20)12-7-8-15(19(21)22)16(9-12)24-11-14-10-23-14/h2-9,14H,10-11H2,1H3. The molecule has 124 valence electrons. The van der Waals surface area contributed by atoms with Crippen molar-refractivity contribution < 1.29 is 19.2 Å². The molecule has 1 saturated heterocycles. The Kier molecular flexibility index (Phi) is 4.43. The summed E-state index contributed by atoms with van der Waals surface area (Å²) in [5.74, 6) is -0.202. The Hall–Kier alpha value is -2.93. The van der Waals surface area contributed by atoms with E-state index in [0.29, 0.717) is 12.2 Å². The van der Waals surface area contributed by atoms with Crippen LogP contribution in [0.3, 0.4) is 0 Å². The molecule has 2 aromatic carbocycles. The van der Waals surface area contributed by atoms with E-state index in [1.807, 2.05) is 30.3 Å². The number of carbonyl (C=O) groups is 1. The third-order valence-electron chi connectivity index (χ3n) is 3.68. The third-order valence-corrected chi connectivity index (χ3v) is 3.68. The zero-order valence-electron chi connectivity index (χ0n) is 13.0. The van der Waals surface area contributed by atoms with Gasteiger partial charge in [-0.3, -0.25) is 14.9 Å². The summed E-state index contributed by atoms with van der Waals surface area (Å²) in [6.45, 7) is 0.816. The second kappa shape index (κ2) is 6.67. The molecule has 1 atom stereocenters. The highest BCUT2D eigenvalue weighted by atomic mass is 16.6. The van der Waals surface area contributed by atoms with Crippen LogP contribution in [0.4, 0.5) is 11.4 Å². The zero-order valence-corrected chi connectivity index (χ0v) is 13.0. The largest absolute Gasteiger partial charge is 0.484 e. The summed E-state index contributed by atoms with van der Waals surface area (Å²) in [4.78, 5) is 24.7. The van der Waals surface area contributed by atoms with Crippen LogP contribution in [0.1, 0.15) is 10.4 Å². The van der Waals surface area contributed by atoms with Gasteiger partial charge in [0.05, 0.1) is 11.5 Å². The first kappa shape index (κ1) is 15.9. The van der Waals surface area contributed by atoms with Gasteiger partial charge in [-0.1, -0.05) is 18.2 Å². The lowest BCUT2D eigenvalue weighted by atomic mass is 10.1. The number of hydrogen-bond acceptors (Lipinski definition) is 5. The van der Waals surface area contributed by atoms with Crippen LogP contribution in [-0.4, -0.2) is 37.2 Å². The van der Waals surface area contributed by atoms with Crippen LogP contribution in [-0.2, 0) is 4.74 Å². The second-order valence-corrected chi connectivity index (χ2v) is 5.41. The van der Waals surface area contributed by atoms with Crippen molar-refractivity contribution in [1.29, 1.82) is 0 Å². The number of amides is 1. The molecule has 0 spiro atoms. The van der Waals surface area contributed by atoms with Crippen molar-refractivity contribution in [2.75, 3.05) is 25.2 Å². The van der Waals surface area contributed by atoms with Crippen molar-refractivity contribution in [2.24, 2.45) is 0 Å². The summed E-state index contributed by atoms with van der Waals surface area (Å²) < 4.78 is 10.5. The van der Waals surface area contributed by atoms with E-state index in [2.05, 4.69) is 0 Å². The first-order valence-electron chi connectivity index (χ1n) is 7.42. The van der Waals surface area contributed by atoms with Crippen molar-refractivity contribution >= 4 is 17.3 Å². The van der Waals surface area contributed by atoms with Crippen molar-refractivity contribution in [1.82, 2.24) is 0 Å². The van der Waals surface area contributed by atoms with E-state index >= 15 is 0 Å². The summed E-state index contributed by atoms with van der Waals surface area (Å²) >= 11 is 0. The molecule has 1 unspecified atom stereocenters. The fourth-order valence-electron chi connectivity index (χ4n) is 2.22. The van der Waals surface area contributed by atoms with E-state index < -0.39 is 4.92 Å². The molecule has 0 radical (unpaired) electrons. The lowest BCUT2D eigenvalue weighted by molar-refractivity contribution is -0.385. The van der Waals surface area contributed by atoms with Crippen LogP contribution >= 0.6 is 0 Å². The number of para-hydroxylation sites is 1. The van der Waals surface area contributed by atoms with E-state index in [9.17, 15) is 14.9 Å². The number of nitrogens with zero attached hydrogens (tertiary/aromatic N) is 2. The van der Waals surface area contributed by atoms with Gasteiger partial charge in [-0.2, -0.15) is 0 Å². The van der Waals surface area contributed by atoms with E-state index in [-0.39, 0.29) is 30.1 Å². The molecular formula is C17H16N2O5. The topological polar surface area (TPSA) is 85.2 Å². The van der Waals surface area contributed by atoms with Gasteiger partial charge in [0.15, 0.2) is 5.75 Å². The van der Waals surface area contributed by atoms with Crippen molar-refractivity contribution in [3.8, 4) is 5.75 Å². The van der Waals surface area contributed by atoms with E-state index in [4.69, 9.17) is 9.47 Å². The maximum absolute atomic E-state index is 12.6. The van der Waals surface area contributed by atoms with Crippen molar-refractivity contribution in [3.63, 3.8) is 0 Å². The van der Waals surface area contributed by atoms with Crippen molar-refractivity contribution in [2.45, 2.75) is 6.10 Å². The average Bonchev–Trinajstić information content (AvgIpc) is 3.43. The quantitative estimate of drug-likeness (QED) is 0.462. The lowest BCUT2D eigenvalue weighted by Gasteiger charge is -2.17. The Morgan fingerprint density at radius 1 is 1.33 bits per heavy atom. The third kappa shape index (κ3) is 3.52. The fraction of sp³-hybridized carbons (Fsp3) is 0.235. The highest BCUT2D eigenvalue weighted by Crippen LogP contribution is 2.30. The fourth-order valence-corrected chi connectivity index (χ4v) is 2.22. The summed E-state index contributed by atoms with van der Waals surface area (Å²) in [5.41, 5.74) is 0.878. The van der Waals surface area contributed by atoms with Gasteiger partial charge in [0.25, 0.3) is 5.91 Å². The summed E-state index contributed by atoms with van der Waals surface area (Å²) in [7, 11) is 1.65. The molecule has 1 fully saturated rings. The highest BCUT2D eigenvalue weighted by Gasteiger charge is 2.26. The van der Waals surface area contributed by atoms with Crippen LogP contribution < -0.4 is 9.64 Å². The molecule has 1 amide bonds. The molecule has 24 heavy (non-hydrogen) atoms. The number of nitro benzene ring substituents is 1. The Labute approximate surface area is 138 Å². The van der Waals surface area contributed by atoms with Gasteiger partial charge in [-0.05, 0) is 18.2 Å². The predicted octanol–water partition coefficient (Wildman–Crippen LogP) is 2.65. The number of nitro groups is 1. The van der Waals surface area contributed by atoms with Gasteiger partial charge >= 0.3 is 5.69 Å². The summed E-state index contributed by atoms with van der Waals surface area (Å²) in [6, 6.07) is 13.3. The predicted molar refractivity (Wildman–Crippen MR) is 87.5 cm³/mol. The monoisotopic (exact) mass is 328 g/mol. The molecule has 1 aliphatic rings. The van der Waals surface area contributed by atoms with Gasteiger partial charge in [0, 0.05) is 30.4 Å². The summed E-state index contributed by atoms with van der Waals surface area (Å²) in [5, 5.41) is 11.1. The maximum Gasteiger partial charge on any atom is 0.310 e. The van der Waals surface area contributed by atoms with E-state index in [1.54, 1.807) is 7.05 Å². The molecule has 1 heterocycles. The Bertz CT molecular complexity index is 759. The molecule has 0 aromatic heterocycles. The van der Waals surface area contributed by atoms with Crippen LogP contribution in [0.15, 0.2) is 48.5 Å². The smallest absolute Gasteiger partial charge is 0.310 e. The molecule has 7 heteroatoms. The normalized spacial score (nSPS) is 15.6. The average molecular weight is 328 g/mol. The molecule has 0 bridgehead atoms. The minimum absolute atomic E-state index is 0.0315. The molecular weight excluding hydrogens is 312 g/mol. The molecule has 7 nitrogen and oxygen atoms in total. The number of ether oxygens (including phenoxy) is 2. The Morgan fingerprint density at radius 3 is 2.67 bits per heavy atom. The SMILES string of the molecule is CN(C(=O)c1ccc([N+](=O)[O-])c(OCC2CO2)c1)c1ccccc1. The molecule has 0 N–H and O–H groups in total. The number of epoxide rings is 1. The van der Waals surface area contributed by atoms with Gasteiger partial charge in [0.2, 0.25) is 0 Å².